The molecular weight excluding hydrogens is 152 g/mol. The predicted octanol–water partition coefficient (Wildman–Crippen LogP) is 0.772. The Morgan fingerprint density at radius 2 is 2.42 bits per heavy atom. The molecule has 0 saturated carbocycles. The zero-order valence-electron chi connectivity index (χ0n) is 6.87. The molecule has 3 N–H and O–H groups in total. The van der Waals surface area contributed by atoms with Gasteiger partial charge in [0.05, 0.1) is 0 Å². The predicted molar refractivity (Wildman–Crippen MR) is 47.6 cm³/mol. The minimum Gasteiger partial charge on any atom is -0.373 e. The van der Waals surface area contributed by atoms with E-state index in [1.165, 1.54) is 0 Å². The summed E-state index contributed by atoms with van der Waals surface area (Å²) in [7, 11) is 0. The molecule has 0 aliphatic carbocycles. The van der Waals surface area contributed by atoms with Crippen LogP contribution in [0.2, 0.25) is 0 Å². The SMILES string of the molecule is CC(Nc1[c]cccc1)C(N)=O. The number of amides is 1. The minimum atomic E-state index is -0.368. The highest BCUT2D eigenvalue weighted by Gasteiger charge is 2.06. The third-order valence-electron chi connectivity index (χ3n) is 1.51. The number of carbonyl (C=O) groups excluding carboxylic acids is 1. The van der Waals surface area contributed by atoms with Crippen molar-refractivity contribution in [3.63, 3.8) is 0 Å². The van der Waals surface area contributed by atoms with Crippen LogP contribution in [0.4, 0.5) is 5.69 Å². The van der Waals surface area contributed by atoms with Gasteiger partial charge in [-0.15, -0.1) is 0 Å². The summed E-state index contributed by atoms with van der Waals surface area (Å²) in [6, 6.07) is 9.91. The summed E-state index contributed by atoms with van der Waals surface area (Å²) in [4.78, 5) is 10.6. The van der Waals surface area contributed by atoms with Gasteiger partial charge < -0.3 is 11.1 Å². The summed E-state index contributed by atoms with van der Waals surface area (Å²) in [5, 5.41) is 2.91. The molecule has 1 aromatic rings. The van der Waals surface area contributed by atoms with E-state index in [1.54, 1.807) is 13.0 Å². The highest BCUT2D eigenvalue weighted by atomic mass is 16.1. The highest BCUT2D eigenvalue weighted by molar-refractivity contribution is 5.82. The van der Waals surface area contributed by atoms with Crippen LogP contribution in [0.25, 0.3) is 0 Å². The Kier molecular flexibility index (Phi) is 2.69. The lowest BCUT2D eigenvalue weighted by Crippen LogP contribution is -2.32. The largest absolute Gasteiger partial charge is 0.373 e. The Balaban J connectivity index is 2.58. The summed E-state index contributed by atoms with van der Waals surface area (Å²) in [6.45, 7) is 1.71. The average Bonchev–Trinajstić information content (AvgIpc) is 2.06. The van der Waals surface area contributed by atoms with E-state index >= 15 is 0 Å². The minimum absolute atomic E-state index is 0.358. The van der Waals surface area contributed by atoms with E-state index in [0.717, 1.165) is 5.69 Å². The molecule has 12 heavy (non-hydrogen) atoms. The molecule has 3 nitrogen and oxygen atoms in total. The van der Waals surface area contributed by atoms with Crippen molar-refractivity contribution in [2.75, 3.05) is 5.32 Å². The van der Waals surface area contributed by atoms with Crippen molar-refractivity contribution >= 4 is 11.6 Å². The number of hydrogen-bond acceptors (Lipinski definition) is 2. The maximum absolute atomic E-state index is 10.6. The van der Waals surface area contributed by atoms with Crippen molar-refractivity contribution < 1.29 is 4.79 Å². The van der Waals surface area contributed by atoms with E-state index in [9.17, 15) is 4.79 Å². The molecule has 1 radical (unpaired) electrons. The first kappa shape index (κ1) is 8.59. The van der Waals surface area contributed by atoms with Gasteiger partial charge in [-0.3, -0.25) is 4.79 Å². The van der Waals surface area contributed by atoms with Crippen molar-refractivity contribution in [2.24, 2.45) is 5.73 Å². The van der Waals surface area contributed by atoms with Crippen molar-refractivity contribution in [2.45, 2.75) is 13.0 Å². The molecule has 0 saturated heterocycles. The van der Waals surface area contributed by atoms with E-state index in [1.807, 2.05) is 18.2 Å². The monoisotopic (exact) mass is 163 g/mol. The number of nitrogens with two attached hydrogens (primary N) is 1. The fraction of sp³-hybridized carbons (Fsp3) is 0.222. The smallest absolute Gasteiger partial charge is 0.239 e. The van der Waals surface area contributed by atoms with Crippen molar-refractivity contribution in [3.8, 4) is 0 Å². The molecule has 0 aliphatic rings. The molecule has 0 aromatic heterocycles. The fourth-order valence-electron chi connectivity index (χ4n) is 0.788. The van der Waals surface area contributed by atoms with Gasteiger partial charge in [-0.1, -0.05) is 18.2 Å². The first-order valence-electron chi connectivity index (χ1n) is 3.72. The number of benzene rings is 1. The first-order valence-corrected chi connectivity index (χ1v) is 3.72. The number of rotatable bonds is 3. The van der Waals surface area contributed by atoms with Crippen LogP contribution in [-0.2, 0) is 4.79 Å². The molecule has 1 rings (SSSR count). The second-order valence-electron chi connectivity index (χ2n) is 2.54. The Morgan fingerprint density at radius 1 is 1.67 bits per heavy atom. The van der Waals surface area contributed by atoms with Gasteiger partial charge in [0.2, 0.25) is 5.91 Å². The molecular formula is C9H11N2O. The van der Waals surface area contributed by atoms with Gasteiger partial charge in [-0.05, 0) is 13.0 Å². The summed E-state index contributed by atoms with van der Waals surface area (Å²) >= 11 is 0. The molecule has 63 valence electrons. The molecule has 0 bridgehead atoms. The van der Waals surface area contributed by atoms with Crippen LogP contribution in [0.3, 0.4) is 0 Å². The van der Waals surface area contributed by atoms with Gasteiger partial charge in [-0.2, -0.15) is 0 Å². The maximum atomic E-state index is 10.6. The van der Waals surface area contributed by atoms with Gasteiger partial charge in [0, 0.05) is 11.8 Å². The average molecular weight is 163 g/mol. The van der Waals surface area contributed by atoms with E-state index in [-0.39, 0.29) is 11.9 Å². The van der Waals surface area contributed by atoms with E-state index in [0.29, 0.717) is 0 Å². The Bertz CT molecular complexity index is 258. The van der Waals surface area contributed by atoms with E-state index in [4.69, 9.17) is 5.73 Å². The second-order valence-corrected chi connectivity index (χ2v) is 2.54. The molecule has 0 fully saturated rings. The van der Waals surface area contributed by atoms with Gasteiger partial charge in [0.25, 0.3) is 0 Å². The summed E-state index contributed by atoms with van der Waals surface area (Å²) in [5.41, 5.74) is 5.85. The molecule has 0 spiro atoms. The number of carbonyl (C=O) groups is 1. The quantitative estimate of drug-likeness (QED) is 0.691. The molecule has 1 aromatic carbocycles. The molecule has 1 unspecified atom stereocenters. The second kappa shape index (κ2) is 3.76. The number of primary amides is 1. The van der Waals surface area contributed by atoms with Crippen molar-refractivity contribution in [1.82, 2.24) is 0 Å². The van der Waals surface area contributed by atoms with Crippen LogP contribution in [0.5, 0.6) is 0 Å². The Morgan fingerprint density at radius 3 is 2.92 bits per heavy atom. The number of hydrogen-bond donors (Lipinski definition) is 2. The molecule has 1 atom stereocenters. The zero-order chi connectivity index (χ0) is 8.97. The number of nitrogens with one attached hydrogen (secondary N) is 1. The molecule has 0 heterocycles. The molecule has 0 aliphatic heterocycles. The summed E-state index contributed by atoms with van der Waals surface area (Å²) < 4.78 is 0. The zero-order valence-corrected chi connectivity index (χ0v) is 6.87. The van der Waals surface area contributed by atoms with Crippen LogP contribution >= 0.6 is 0 Å². The van der Waals surface area contributed by atoms with Gasteiger partial charge in [0.15, 0.2) is 0 Å². The van der Waals surface area contributed by atoms with Crippen LogP contribution < -0.4 is 11.1 Å². The maximum Gasteiger partial charge on any atom is 0.239 e. The number of para-hydroxylation sites is 1. The van der Waals surface area contributed by atoms with E-state index in [2.05, 4.69) is 11.4 Å². The van der Waals surface area contributed by atoms with Crippen LogP contribution in [-0.4, -0.2) is 11.9 Å². The summed E-state index contributed by atoms with van der Waals surface area (Å²) in [6.07, 6.45) is 0. The normalized spacial score (nSPS) is 12.1. The van der Waals surface area contributed by atoms with Gasteiger partial charge in [-0.25, -0.2) is 0 Å². The summed E-state index contributed by atoms with van der Waals surface area (Å²) in [5.74, 6) is -0.368. The highest BCUT2D eigenvalue weighted by Crippen LogP contribution is 2.05. The lowest BCUT2D eigenvalue weighted by molar-refractivity contribution is -0.118. The lowest BCUT2D eigenvalue weighted by Gasteiger charge is -2.10. The first-order chi connectivity index (χ1) is 5.70. The van der Waals surface area contributed by atoms with Crippen LogP contribution in [0.15, 0.2) is 24.3 Å². The van der Waals surface area contributed by atoms with E-state index < -0.39 is 0 Å². The van der Waals surface area contributed by atoms with Crippen molar-refractivity contribution in [3.05, 3.63) is 30.3 Å². The molecule has 1 amide bonds. The standard InChI is InChI=1S/C9H11N2O/c1-7(9(10)12)11-8-5-3-2-4-6-8/h2-5,7,11H,1H3,(H2,10,12). The van der Waals surface area contributed by atoms with Crippen LogP contribution in [0.1, 0.15) is 6.92 Å². The Hall–Kier alpha value is -1.51. The third-order valence-corrected chi connectivity index (χ3v) is 1.51. The lowest BCUT2D eigenvalue weighted by atomic mass is 10.2. The fourth-order valence-corrected chi connectivity index (χ4v) is 0.788. The topological polar surface area (TPSA) is 55.1 Å². The van der Waals surface area contributed by atoms with Crippen LogP contribution in [0, 0.1) is 6.07 Å². The van der Waals surface area contributed by atoms with Gasteiger partial charge >= 0.3 is 0 Å². The Labute approximate surface area is 71.6 Å². The van der Waals surface area contributed by atoms with Gasteiger partial charge in [0.1, 0.15) is 6.04 Å². The number of anilines is 1. The third kappa shape index (κ3) is 2.27. The van der Waals surface area contributed by atoms with Crippen molar-refractivity contribution in [1.29, 1.82) is 0 Å². The molecule has 3 heteroatoms.